The van der Waals surface area contributed by atoms with Crippen LogP contribution in [0.3, 0.4) is 0 Å². The minimum Gasteiger partial charge on any atom is -0.0925 e. The van der Waals surface area contributed by atoms with Crippen LogP contribution in [-0.2, 0) is 0 Å². The van der Waals surface area contributed by atoms with E-state index < -0.39 is 8.07 Å². The lowest BCUT2D eigenvalue weighted by Crippen LogP contribution is -2.27. The summed E-state index contributed by atoms with van der Waals surface area (Å²) in [7, 11) is -0.839. The van der Waals surface area contributed by atoms with Gasteiger partial charge < -0.3 is 0 Å². The summed E-state index contributed by atoms with van der Waals surface area (Å²) >= 11 is 3.70. The third-order valence-corrected chi connectivity index (χ3v) is 5.72. The van der Waals surface area contributed by atoms with Crippen molar-refractivity contribution in [1.29, 1.82) is 0 Å². The zero-order chi connectivity index (χ0) is 9.90. The second-order valence-corrected chi connectivity index (χ2v) is 11.9. The van der Waals surface area contributed by atoms with E-state index in [1.54, 1.807) is 0 Å². The fourth-order valence-electron chi connectivity index (χ4n) is 2.56. The highest BCUT2D eigenvalue weighted by Gasteiger charge is 2.28. The van der Waals surface area contributed by atoms with E-state index in [9.17, 15) is 0 Å². The second-order valence-electron chi connectivity index (χ2n) is 5.72. The van der Waals surface area contributed by atoms with Crippen LogP contribution < -0.4 is 0 Å². The number of rotatable bonds is 4. The molecule has 1 saturated carbocycles. The van der Waals surface area contributed by atoms with Crippen LogP contribution in [0.5, 0.6) is 0 Å². The first-order chi connectivity index (χ1) is 6.03. The molecule has 0 amide bonds. The standard InChI is InChI=1S/C11H23BrSi/c1-13(2,3)9-11(8-12)10-6-4-5-7-10/h10-11H,4-9H2,1-3H3. The second kappa shape index (κ2) is 4.97. The van der Waals surface area contributed by atoms with E-state index in [4.69, 9.17) is 0 Å². The van der Waals surface area contributed by atoms with E-state index in [2.05, 4.69) is 35.6 Å². The van der Waals surface area contributed by atoms with E-state index in [0.717, 1.165) is 11.8 Å². The molecule has 1 atom stereocenters. The Labute approximate surface area is 92.6 Å². The normalized spacial score (nSPS) is 22.2. The fourth-order valence-corrected chi connectivity index (χ4v) is 5.79. The van der Waals surface area contributed by atoms with Crippen molar-refractivity contribution in [3.05, 3.63) is 0 Å². The summed E-state index contributed by atoms with van der Waals surface area (Å²) < 4.78 is 0. The van der Waals surface area contributed by atoms with E-state index in [0.29, 0.717) is 0 Å². The van der Waals surface area contributed by atoms with Gasteiger partial charge in [-0.25, -0.2) is 0 Å². The Bertz CT molecular complexity index is 145. The number of hydrogen-bond donors (Lipinski definition) is 0. The Hall–Kier alpha value is 0.697. The molecule has 2 heteroatoms. The van der Waals surface area contributed by atoms with E-state index in [-0.39, 0.29) is 0 Å². The number of hydrogen-bond acceptors (Lipinski definition) is 0. The van der Waals surface area contributed by atoms with Gasteiger partial charge in [-0.3, -0.25) is 0 Å². The van der Waals surface area contributed by atoms with Gasteiger partial charge in [0.2, 0.25) is 0 Å². The highest BCUT2D eigenvalue weighted by molar-refractivity contribution is 9.09. The molecule has 0 aromatic carbocycles. The lowest BCUT2D eigenvalue weighted by Gasteiger charge is -2.27. The van der Waals surface area contributed by atoms with Crippen molar-refractivity contribution in [1.82, 2.24) is 0 Å². The summed E-state index contributed by atoms with van der Waals surface area (Å²) in [5.74, 6) is 2.03. The summed E-state index contributed by atoms with van der Waals surface area (Å²) in [5.41, 5.74) is 0. The van der Waals surface area contributed by atoms with Gasteiger partial charge in [0.25, 0.3) is 0 Å². The molecule has 0 nitrogen and oxygen atoms in total. The molecule has 0 spiro atoms. The summed E-state index contributed by atoms with van der Waals surface area (Å²) in [6.07, 6.45) is 5.97. The van der Waals surface area contributed by atoms with Gasteiger partial charge in [0.15, 0.2) is 0 Å². The van der Waals surface area contributed by atoms with Crippen LogP contribution in [0.4, 0.5) is 0 Å². The molecule has 0 saturated heterocycles. The Balaban J connectivity index is 2.42. The minimum atomic E-state index is -0.839. The molecule has 1 aliphatic carbocycles. The quantitative estimate of drug-likeness (QED) is 0.516. The van der Waals surface area contributed by atoms with Gasteiger partial charge in [-0.15, -0.1) is 0 Å². The van der Waals surface area contributed by atoms with Gasteiger partial charge >= 0.3 is 0 Å². The summed E-state index contributed by atoms with van der Waals surface area (Å²) in [6.45, 7) is 7.49. The third-order valence-electron chi connectivity index (χ3n) is 3.14. The predicted molar refractivity (Wildman–Crippen MR) is 67.4 cm³/mol. The molecule has 1 fully saturated rings. The average molecular weight is 263 g/mol. The molecule has 0 bridgehead atoms. The maximum absolute atomic E-state index is 3.70. The maximum atomic E-state index is 3.70. The molecule has 1 rings (SSSR count). The number of alkyl halides is 1. The smallest absolute Gasteiger partial charge is 0.0445 e. The topological polar surface area (TPSA) is 0 Å². The largest absolute Gasteiger partial charge is 0.0925 e. The molecule has 0 aromatic rings. The molecule has 0 aromatic heterocycles. The molecular weight excluding hydrogens is 240 g/mol. The van der Waals surface area contributed by atoms with Crippen LogP contribution in [0.25, 0.3) is 0 Å². The molecule has 0 radical (unpaired) electrons. The van der Waals surface area contributed by atoms with Crippen molar-refractivity contribution >= 4 is 24.0 Å². The molecule has 0 heterocycles. The van der Waals surface area contributed by atoms with E-state index in [1.165, 1.54) is 37.1 Å². The van der Waals surface area contributed by atoms with Gasteiger partial charge in [-0.2, -0.15) is 0 Å². The van der Waals surface area contributed by atoms with E-state index in [1.807, 2.05) is 0 Å². The minimum absolute atomic E-state index is 0.839. The van der Waals surface area contributed by atoms with Crippen LogP contribution in [0.2, 0.25) is 25.7 Å². The Morgan fingerprint density at radius 3 is 2.15 bits per heavy atom. The monoisotopic (exact) mass is 262 g/mol. The molecule has 0 aliphatic heterocycles. The van der Waals surface area contributed by atoms with Crippen LogP contribution in [0.15, 0.2) is 0 Å². The first kappa shape index (κ1) is 11.8. The van der Waals surface area contributed by atoms with Crippen molar-refractivity contribution in [3.63, 3.8) is 0 Å². The van der Waals surface area contributed by atoms with Gasteiger partial charge in [-0.05, 0) is 11.8 Å². The predicted octanol–water partition coefficient (Wildman–Crippen LogP) is 4.53. The summed E-state index contributed by atoms with van der Waals surface area (Å²) in [5, 5.41) is 1.24. The zero-order valence-electron chi connectivity index (χ0n) is 9.28. The zero-order valence-corrected chi connectivity index (χ0v) is 11.9. The maximum Gasteiger partial charge on any atom is 0.0445 e. The average Bonchev–Trinajstić information content (AvgIpc) is 2.50. The Kier molecular flexibility index (Phi) is 4.50. The SMILES string of the molecule is C[Si](C)(C)CC(CBr)C1CCCC1. The van der Waals surface area contributed by atoms with Crippen LogP contribution in [-0.4, -0.2) is 13.4 Å². The molecule has 1 aliphatic rings. The molecule has 0 N–H and O–H groups in total. The molecule has 78 valence electrons. The summed E-state index contributed by atoms with van der Waals surface area (Å²) in [6, 6.07) is 1.52. The van der Waals surface area contributed by atoms with Crippen molar-refractivity contribution in [2.24, 2.45) is 11.8 Å². The summed E-state index contributed by atoms with van der Waals surface area (Å²) in [4.78, 5) is 0. The highest BCUT2D eigenvalue weighted by atomic mass is 79.9. The Morgan fingerprint density at radius 2 is 1.77 bits per heavy atom. The molecule has 13 heavy (non-hydrogen) atoms. The van der Waals surface area contributed by atoms with Crippen molar-refractivity contribution in [2.75, 3.05) is 5.33 Å². The van der Waals surface area contributed by atoms with Gasteiger partial charge in [-0.1, -0.05) is 67.3 Å². The number of halogens is 1. The first-order valence-corrected chi connectivity index (χ1v) is 10.4. The van der Waals surface area contributed by atoms with Crippen LogP contribution >= 0.6 is 15.9 Å². The van der Waals surface area contributed by atoms with Gasteiger partial charge in [0.1, 0.15) is 0 Å². The molecular formula is C11H23BrSi. The Morgan fingerprint density at radius 1 is 1.23 bits per heavy atom. The lowest BCUT2D eigenvalue weighted by molar-refractivity contribution is 0.401. The van der Waals surface area contributed by atoms with Crippen LogP contribution in [0.1, 0.15) is 25.7 Å². The highest BCUT2D eigenvalue weighted by Crippen LogP contribution is 2.36. The van der Waals surface area contributed by atoms with Crippen molar-refractivity contribution in [3.8, 4) is 0 Å². The van der Waals surface area contributed by atoms with E-state index >= 15 is 0 Å². The van der Waals surface area contributed by atoms with Crippen molar-refractivity contribution < 1.29 is 0 Å². The first-order valence-electron chi connectivity index (χ1n) is 5.59. The van der Waals surface area contributed by atoms with Gasteiger partial charge in [0, 0.05) is 13.4 Å². The van der Waals surface area contributed by atoms with Crippen LogP contribution in [0, 0.1) is 11.8 Å². The van der Waals surface area contributed by atoms with Gasteiger partial charge in [0.05, 0.1) is 0 Å². The van der Waals surface area contributed by atoms with Crippen molar-refractivity contribution in [2.45, 2.75) is 51.4 Å². The fraction of sp³-hybridized carbons (Fsp3) is 1.00. The lowest BCUT2D eigenvalue weighted by atomic mass is 9.94. The molecule has 1 unspecified atom stereocenters. The third kappa shape index (κ3) is 4.16.